The maximum Gasteiger partial charge on any atom is 0.227 e. The molecule has 0 amide bonds. The number of aryl methyl sites for hydroxylation is 1. The predicted octanol–water partition coefficient (Wildman–Crippen LogP) is 2.03. The molecule has 4 rings (SSSR count). The Morgan fingerprint density at radius 3 is 2.42 bits per heavy atom. The van der Waals surface area contributed by atoms with E-state index in [1.54, 1.807) is 31.7 Å². The van der Waals surface area contributed by atoms with E-state index in [0.29, 0.717) is 13.1 Å². The molecule has 0 saturated carbocycles. The lowest BCUT2D eigenvalue weighted by Gasteiger charge is -2.35. The zero-order chi connectivity index (χ0) is 21.7. The van der Waals surface area contributed by atoms with Crippen molar-refractivity contribution in [2.75, 3.05) is 36.8 Å². The number of nitrogens with zero attached hydrogens (tertiary/aromatic N) is 6. The van der Waals surface area contributed by atoms with Gasteiger partial charge >= 0.3 is 0 Å². The first kappa shape index (κ1) is 21.5. The van der Waals surface area contributed by atoms with Gasteiger partial charge in [0, 0.05) is 51.7 Å². The first-order chi connectivity index (χ1) is 15.1. The van der Waals surface area contributed by atoms with Crippen LogP contribution in [0.3, 0.4) is 0 Å². The molecule has 9 heteroatoms. The van der Waals surface area contributed by atoms with Crippen molar-refractivity contribution in [1.82, 2.24) is 24.4 Å². The van der Waals surface area contributed by atoms with E-state index in [4.69, 9.17) is 0 Å². The third kappa shape index (κ3) is 5.11. The molecule has 1 aromatic carbocycles. The van der Waals surface area contributed by atoms with Gasteiger partial charge in [-0.2, -0.15) is 0 Å². The maximum absolute atomic E-state index is 12.6. The van der Waals surface area contributed by atoms with Gasteiger partial charge in [0.1, 0.15) is 5.82 Å². The van der Waals surface area contributed by atoms with Crippen LogP contribution < -0.4 is 4.90 Å². The fraction of sp³-hybridized carbons (Fsp3) is 0.409. The number of aromatic nitrogens is 4. The molecule has 0 N–H and O–H groups in total. The van der Waals surface area contributed by atoms with Gasteiger partial charge in [-0.05, 0) is 12.0 Å². The number of benzene rings is 1. The summed E-state index contributed by atoms with van der Waals surface area (Å²) in [6.45, 7) is 6.39. The van der Waals surface area contributed by atoms with Crippen molar-refractivity contribution in [3.05, 3.63) is 66.4 Å². The lowest BCUT2D eigenvalue weighted by molar-refractivity contribution is 0.242. The minimum absolute atomic E-state index is 0.0472. The third-order valence-corrected chi connectivity index (χ3v) is 7.30. The van der Waals surface area contributed by atoms with Crippen molar-refractivity contribution in [2.24, 2.45) is 0 Å². The second-order valence-corrected chi connectivity index (χ2v) is 9.82. The van der Waals surface area contributed by atoms with Crippen molar-refractivity contribution in [3.8, 4) is 0 Å². The van der Waals surface area contributed by atoms with Gasteiger partial charge in [0.15, 0.2) is 0 Å². The van der Waals surface area contributed by atoms with Gasteiger partial charge in [-0.3, -0.25) is 9.88 Å². The Hall–Kier alpha value is -2.78. The first-order valence-electron chi connectivity index (χ1n) is 10.6. The van der Waals surface area contributed by atoms with Crippen LogP contribution in [-0.2, 0) is 29.3 Å². The molecule has 2 aromatic heterocycles. The van der Waals surface area contributed by atoms with Crippen LogP contribution in [0.5, 0.6) is 0 Å². The van der Waals surface area contributed by atoms with E-state index in [2.05, 4.69) is 36.9 Å². The molecule has 1 aliphatic rings. The average molecular weight is 441 g/mol. The quantitative estimate of drug-likeness (QED) is 0.530. The Morgan fingerprint density at radius 1 is 0.968 bits per heavy atom. The predicted molar refractivity (Wildman–Crippen MR) is 120 cm³/mol. The highest BCUT2D eigenvalue weighted by atomic mass is 32.2. The van der Waals surface area contributed by atoms with Gasteiger partial charge in [0.05, 0.1) is 23.8 Å². The molecule has 8 nitrogen and oxygen atoms in total. The highest BCUT2D eigenvalue weighted by Gasteiger charge is 2.24. The van der Waals surface area contributed by atoms with Gasteiger partial charge in [-0.15, -0.1) is 0 Å². The lowest BCUT2D eigenvalue weighted by atomic mass is 10.1. The van der Waals surface area contributed by atoms with E-state index in [1.807, 2.05) is 22.8 Å². The lowest BCUT2D eigenvalue weighted by Crippen LogP contribution is -2.46. The summed E-state index contributed by atoms with van der Waals surface area (Å²) in [7, 11) is -3.39. The van der Waals surface area contributed by atoms with Crippen LogP contribution >= 0.6 is 0 Å². The molecule has 0 bridgehead atoms. The van der Waals surface area contributed by atoms with Crippen LogP contribution in [0.15, 0.2) is 60.3 Å². The maximum atomic E-state index is 12.6. The first-order valence-corrected chi connectivity index (χ1v) is 12.3. The van der Waals surface area contributed by atoms with Crippen molar-refractivity contribution in [3.63, 3.8) is 0 Å². The summed E-state index contributed by atoms with van der Waals surface area (Å²) in [6.07, 6.45) is 7.66. The number of sulfone groups is 1. The molecule has 3 heterocycles. The molecule has 164 valence electrons. The van der Waals surface area contributed by atoms with Crippen molar-refractivity contribution < 1.29 is 8.42 Å². The zero-order valence-electron chi connectivity index (χ0n) is 17.8. The molecule has 31 heavy (non-hydrogen) atoms. The van der Waals surface area contributed by atoms with Gasteiger partial charge in [-0.1, -0.05) is 37.3 Å². The topological polar surface area (TPSA) is 84.2 Å². The molecular weight excluding hydrogens is 412 g/mol. The van der Waals surface area contributed by atoms with Crippen molar-refractivity contribution >= 4 is 15.7 Å². The van der Waals surface area contributed by atoms with Gasteiger partial charge in [0.25, 0.3) is 0 Å². The second kappa shape index (κ2) is 9.57. The highest BCUT2D eigenvalue weighted by Crippen LogP contribution is 2.18. The van der Waals surface area contributed by atoms with Gasteiger partial charge < -0.3 is 9.47 Å². The summed E-state index contributed by atoms with van der Waals surface area (Å²) in [5.74, 6) is 0.942. The fourth-order valence-corrected chi connectivity index (χ4v) is 4.85. The van der Waals surface area contributed by atoms with Crippen LogP contribution in [-0.4, -0.2) is 64.8 Å². The summed E-state index contributed by atoms with van der Waals surface area (Å²) in [5, 5.41) is 0.180. The summed E-state index contributed by atoms with van der Waals surface area (Å²) in [5.41, 5.74) is 2.12. The largest absolute Gasteiger partial charge is 0.353 e. The second-order valence-electron chi connectivity index (χ2n) is 7.65. The Balaban J connectivity index is 1.47. The van der Waals surface area contributed by atoms with E-state index in [-0.39, 0.29) is 10.9 Å². The SMILES string of the molecule is CCS(=O)(=O)c1ncc(CN2CCN(c3cnccn3)CC2)n1CCc1ccccc1. The molecule has 0 unspecified atom stereocenters. The van der Waals surface area contributed by atoms with Crippen molar-refractivity contribution in [1.29, 1.82) is 0 Å². The van der Waals surface area contributed by atoms with Gasteiger partial charge in [0.2, 0.25) is 15.0 Å². The van der Waals surface area contributed by atoms with Crippen LogP contribution in [0.4, 0.5) is 5.82 Å². The molecule has 0 spiro atoms. The number of hydrogen-bond donors (Lipinski definition) is 0. The molecule has 0 atom stereocenters. The highest BCUT2D eigenvalue weighted by molar-refractivity contribution is 7.91. The summed E-state index contributed by atoms with van der Waals surface area (Å²) < 4.78 is 27.1. The minimum Gasteiger partial charge on any atom is -0.353 e. The van der Waals surface area contributed by atoms with Crippen molar-refractivity contribution in [2.45, 2.75) is 31.6 Å². The molecule has 0 radical (unpaired) electrons. The molecule has 0 aliphatic carbocycles. The summed E-state index contributed by atoms with van der Waals surface area (Å²) >= 11 is 0. The molecular formula is C22H28N6O2S. The Kier molecular flexibility index (Phi) is 6.62. The fourth-order valence-electron chi connectivity index (χ4n) is 3.84. The van der Waals surface area contributed by atoms with E-state index in [1.165, 1.54) is 5.56 Å². The molecule has 1 aliphatic heterocycles. The summed E-state index contributed by atoms with van der Waals surface area (Å²) in [6, 6.07) is 10.1. The van der Waals surface area contributed by atoms with Gasteiger partial charge in [-0.25, -0.2) is 18.4 Å². The Morgan fingerprint density at radius 2 is 1.74 bits per heavy atom. The van der Waals surface area contributed by atoms with E-state index >= 15 is 0 Å². The zero-order valence-corrected chi connectivity index (χ0v) is 18.6. The smallest absolute Gasteiger partial charge is 0.227 e. The standard InChI is InChI=1S/C22H28N6O2S/c1-2-31(29,30)22-25-16-20(28(22)11-8-19-6-4-3-5-7-19)18-26-12-14-27(15-13-26)21-17-23-9-10-24-21/h3-7,9-10,16-17H,2,8,11-15,18H2,1H3. The van der Waals surface area contributed by atoms with Crippen LogP contribution in [0.2, 0.25) is 0 Å². The van der Waals surface area contributed by atoms with Crippen LogP contribution in [0.1, 0.15) is 18.2 Å². The number of imidazole rings is 1. The van der Waals surface area contributed by atoms with Crippen LogP contribution in [0.25, 0.3) is 0 Å². The van der Waals surface area contributed by atoms with E-state index in [0.717, 1.165) is 44.1 Å². The summed E-state index contributed by atoms with van der Waals surface area (Å²) in [4.78, 5) is 17.4. The number of anilines is 1. The van der Waals surface area contributed by atoms with Crippen LogP contribution in [0, 0.1) is 0 Å². The monoisotopic (exact) mass is 440 g/mol. The number of rotatable bonds is 8. The third-order valence-electron chi connectivity index (χ3n) is 5.66. The van der Waals surface area contributed by atoms with E-state index < -0.39 is 9.84 Å². The normalized spacial score (nSPS) is 15.3. The molecule has 1 saturated heterocycles. The molecule has 1 fully saturated rings. The van der Waals surface area contributed by atoms with E-state index in [9.17, 15) is 8.42 Å². The average Bonchev–Trinajstić information content (AvgIpc) is 3.22. The number of hydrogen-bond acceptors (Lipinski definition) is 7. The Bertz CT molecular complexity index is 1080. The minimum atomic E-state index is -3.39. The molecule has 3 aromatic rings. The number of piperazine rings is 1. The Labute approximate surface area is 183 Å².